The van der Waals surface area contributed by atoms with Gasteiger partial charge in [0.05, 0.1) is 5.02 Å². The van der Waals surface area contributed by atoms with E-state index in [1.54, 1.807) is 0 Å². The summed E-state index contributed by atoms with van der Waals surface area (Å²) >= 11 is 9.48. The molecule has 2 nitrogen and oxygen atoms in total. The molecule has 2 N–H and O–H groups in total. The van der Waals surface area contributed by atoms with Crippen LogP contribution in [-0.4, -0.2) is 11.3 Å². The summed E-state index contributed by atoms with van der Waals surface area (Å²) in [6, 6.07) is 13.8. The van der Waals surface area contributed by atoms with E-state index in [1.165, 1.54) is 0 Å². The maximum absolute atomic E-state index is 10.2. The molecule has 20 heavy (non-hydrogen) atoms. The second-order valence-electron chi connectivity index (χ2n) is 4.78. The number of fused-ring (bicyclic) bond motifs is 1. The molecular formula is C16H13BrClNO. The maximum Gasteiger partial charge on any atom is 0.147 e. The second-order valence-corrected chi connectivity index (χ2v) is 6.04. The second kappa shape index (κ2) is 5.60. The lowest BCUT2D eigenvalue weighted by molar-refractivity contribution is 0.237. The number of hydrogen-bond donors (Lipinski definition) is 2. The smallest absolute Gasteiger partial charge is 0.147 e. The van der Waals surface area contributed by atoms with Crippen molar-refractivity contribution in [2.45, 2.75) is 12.6 Å². The minimum Gasteiger partial charge on any atom is -0.370 e. The van der Waals surface area contributed by atoms with Crippen LogP contribution in [0.2, 0.25) is 5.02 Å². The van der Waals surface area contributed by atoms with Crippen LogP contribution in [0.5, 0.6) is 0 Å². The summed E-state index contributed by atoms with van der Waals surface area (Å²) in [7, 11) is 0. The summed E-state index contributed by atoms with van der Waals surface area (Å²) in [4.78, 5) is 0. The summed E-state index contributed by atoms with van der Waals surface area (Å²) in [5.74, 6) is 0. The first-order chi connectivity index (χ1) is 9.63. The van der Waals surface area contributed by atoms with Crippen LogP contribution in [0.15, 0.2) is 52.5 Å². The van der Waals surface area contributed by atoms with E-state index in [2.05, 4.69) is 21.2 Å². The van der Waals surface area contributed by atoms with E-state index in [1.807, 2.05) is 48.5 Å². The highest BCUT2D eigenvalue weighted by atomic mass is 79.9. The molecule has 1 unspecified atom stereocenters. The van der Waals surface area contributed by atoms with E-state index < -0.39 is 6.23 Å². The van der Waals surface area contributed by atoms with Crippen LogP contribution in [0.1, 0.15) is 11.1 Å². The van der Waals surface area contributed by atoms with Gasteiger partial charge in [0.1, 0.15) is 6.23 Å². The molecule has 0 saturated heterocycles. The van der Waals surface area contributed by atoms with Gasteiger partial charge in [0.2, 0.25) is 0 Å². The highest BCUT2D eigenvalue weighted by molar-refractivity contribution is 9.10. The van der Waals surface area contributed by atoms with Crippen molar-refractivity contribution in [2.24, 2.45) is 0 Å². The van der Waals surface area contributed by atoms with Crippen molar-refractivity contribution in [1.29, 1.82) is 0 Å². The molecule has 1 aliphatic heterocycles. The number of hydrogen-bond acceptors (Lipinski definition) is 2. The molecule has 2 aromatic carbocycles. The summed E-state index contributed by atoms with van der Waals surface area (Å²) in [5, 5.41) is 14.0. The highest BCUT2D eigenvalue weighted by Crippen LogP contribution is 2.29. The Bertz CT molecular complexity index is 684. The minimum atomic E-state index is -0.660. The Morgan fingerprint density at radius 1 is 1.20 bits per heavy atom. The average molecular weight is 351 g/mol. The van der Waals surface area contributed by atoms with E-state index in [4.69, 9.17) is 11.6 Å². The Morgan fingerprint density at radius 2 is 2.00 bits per heavy atom. The zero-order chi connectivity index (χ0) is 14.1. The van der Waals surface area contributed by atoms with Crippen LogP contribution < -0.4 is 5.32 Å². The zero-order valence-corrected chi connectivity index (χ0v) is 12.9. The molecule has 0 bridgehead atoms. The van der Waals surface area contributed by atoms with E-state index in [9.17, 15) is 5.11 Å². The summed E-state index contributed by atoms with van der Waals surface area (Å²) < 4.78 is 0.879. The van der Waals surface area contributed by atoms with Crippen molar-refractivity contribution >= 4 is 39.3 Å². The minimum absolute atomic E-state index is 0.660. The molecule has 1 aliphatic rings. The van der Waals surface area contributed by atoms with Crippen molar-refractivity contribution in [2.75, 3.05) is 5.32 Å². The summed E-state index contributed by atoms with van der Waals surface area (Å²) in [5.41, 5.74) is 4.06. The van der Waals surface area contributed by atoms with E-state index in [0.29, 0.717) is 11.4 Å². The van der Waals surface area contributed by atoms with Gasteiger partial charge in [0.15, 0.2) is 0 Å². The van der Waals surface area contributed by atoms with Gasteiger partial charge in [-0.3, -0.25) is 0 Å². The molecule has 0 spiro atoms. The fourth-order valence-electron chi connectivity index (χ4n) is 2.31. The van der Waals surface area contributed by atoms with Gasteiger partial charge in [-0.2, -0.15) is 0 Å². The van der Waals surface area contributed by atoms with Crippen molar-refractivity contribution in [1.82, 2.24) is 0 Å². The third-order valence-corrected chi connectivity index (χ3v) is 4.57. The molecule has 0 amide bonds. The molecule has 3 rings (SSSR count). The molecule has 1 heterocycles. The quantitative estimate of drug-likeness (QED) is 0.837. The summed E-state index contributed by atoms with van der Waals surface area (Å²) in [6.07, 6.45) is 2.04. The monoisotopic (exact) mass is 349 g/mol. The van der Waals surface area contributed by atoms with Crippen LogP contribution in [0, 0.1) is 0 Å². The van der Waals surface area contributed by atoms with Crippen LogP contribution in [0.25, 0.3) is 6.08 Å². The molecule has 1 atom stereocenters. The molecule has 102 valence electrons. The fraction of sp³-hybridized carbons (Fsp3) is 0.125. The Morgan fingerprint density at radius 3 is 2.80 bits per heavy atom. The number of rotatable bonds is 2. The number of anilines is 1. The van der Waals surface area contributed by atoms with Crippen LogP contribution in [0.4, 0.5) is 5.69 Å². The number of halogens is 2. The van der Waals surface area contributed by atoms with Crippen LogP contribution in [-0.2, 0) is 6.42 Å². The lowest BCUT2D eigenvalue weighted by Crippen LogP contribution is -2.25. The van der Waals surface area contributed by atoms with Crippen LogP contribution in [0.3, 0.4) is 0 Å². The van der Waals surface area contributed by atoms with Gasteiger partial charge in [-0.15, -0.1) is 0 Å². The van der Waals surface area contributed by atoms with Gasteiger partial charge >= 0.3 is 0 Å². The normalized spacial score (nSPS) is 17.1. The lowest BCUT2D eigenvalue weighted by Gasteiger charge is -2.24. The zero-order valence-electron chi connectivity index (χ0n) is 10.6. The van der Waals surface area contributed by atoms with Gasteiger partial charge in [-0.1, -0.05) is 35.9 Å². The fourth-order valence-corrected chi connectivity index (χ4v) is 2.76. The number of nitrogens with one attached hydrogen (secondary N) is 1. The predicted molar refractivity (Wildman–Crippen MR) is 86.9 cm³/mol. The first-order valence-electron chi connectivity index (χ1n) is 6.31. The van der Waals surface area contributed by atoms with Gasteiger partial charge in [-0.25, -0.2) is 0 Å². The predicted octanol–water partition coefficient (Wildman–Crippen LogP) is 4.47. The first-order valence-corrected chi connectivity index (χ1v) is 7.48. The van der Waals surface area contributed by atoms with Crippen molar-refractivity contribution in [3.05, 3.63) is 68.7 Å². The molecule has 4 heteroatoms. The van der Waals surface area contributed by atoms with Gasteiger partial charge in [-0.05, 0) is 63.3 Å². The van der Waals surface area contributed by atoms with E-state index in [0.717, 1.165) is 26.9 Å². The van der Waals surface area contributed by atoms with Crippen molar-refractivity contribution in [3.63, 3.8) is 0 Å². The SMILES string of the molecule is OC1Nc2ccccc2C=C1Cc1ccc(Br)c(Cl)c1. The van der Waals surface area contributed by atoms with Gasteiger partial charge in [0, 0.05) is 10.2 Å². The molecule has 0 saturated carbocycles. The van der Waals surface area contributed by atoms with Crippen molar-refractivity contribution < 1.29 is 5.11 Å². The maximum atomic E-state index is 10.2. The van der Waals surface area contributed by atoms with E-state index >= 15 is 0 Å². The molecule has 0 aromatic heterocycles. The summed E-state index contributed by atoms with van der Waals surface area (Å²) in [6.45, 7) is 0. The van der Waals surface area contributed by atoms with E-state index in [-0.39, 0.29) is 0 Å². The number of aliphatic hydroxyl groups excluding tert-OH is 1. The van der Waals surface area contributed by atoms with Crippen LogP contribution >= 0.6 is 27.5 Å². The molecule has 2 aromatic rings. The first kappa shape index (κ1) is 13.7. The van der Waals surface area contributed by atoms with Gasteiger partial charge in [0.25, 0.3) is 0 Å². The Kier molecular flexibility index (Phi) is 3.83. The molecular weight excluding hydrogens is 338 g/mol. The molecule has 0 aliphatic carbocycles. The topological polar surface area (TPSA) is 32.3 Å². The van der Waals surface area contributed by atoms with Crippen molar-refractivity contribution in [3.8, 4) is 0 Å². The standard InChI is InChI=1S/C16H13BrClNO/c17-13-6-5-10(8-14(13)18)7-12-9-11-3-1-2-4-15(11)19-16(12)20/h1-6,8-9,16,19-20H,7H2. The number of benzene rings is 2. The molecule has 0 radical (unpaired) electrons. The Labute approximate surface area is 131 Å². The number of aliphatic hydroxyl groups is 1. The highest BCUT2D eigenvalue weighted by Gasteiger charge is 2.18. The molecule has 0 fully saturated rings. The Hall–Kier alpha value is -1.29. The van der Waals surface area contributed by atoms with Gasteiger partial charge < -0.3 is 10.4 Å². The average Bonchev–Trinajstić information content (AvgIpc) is 2.44. The third-order valence-electron chi connectivity index (χ3n) is 3.34. The number of para-hydroxylation sites is 1. The third kappa shape index (κ3) is 2.75. The Balaban J connectivity index is 1.90. The largest absolute Gasteiger partial charge is 0.370 e. The lowest BCUT2D eigenvalue weighted by atomic mass is 9.97.